The van der Waals surface area contributed by atoms with E-state index >= 15 is 0 Å². The number of thioether (sulfide) groups is 1. The van der Waals surface area contributed by atoms with Gasteiger partial charge in [0.2, 0.25) is 5.89 Å². The molecule has 1 saturated heterocycles. The Labute approximate surface area is 94.2 Å². The zero-order chi connectivity index (χ0) is 10.7. The van der Waals surface area contributed by atoms with Crippen LogP contribution in [0.25, 0.3) is 0 Å². The van der Waals surface area contributed by atoms with E-state index < -0.39 is 0 Å². The highest BCUT2D eigenvalue weighted by molar-refractivity contribution is 7.98. The summed E-state index contributed by atoms with van der Waals surface area (Å²) in [7, 11) is 0. The minimum Gasteiger partial charge on any atom is -0.338 e. The first-order chi connectivity index (χ1) is 7.25. The van der Waals surface area contributed by atoms with E-state index in [4.69, 9.17) is 4.52 Å². The van der Waals surface area contributed by atoms with Gasteiger partial charge in [0, 0.05) is 5.92 Å². The molecule has 0 bridgehead atoms. The van der Waals surface area contributed by atoms with Gasteiger partial charge in [-0.15, -0.1) is 0 Å². The summed E-state index contributed by atoms with van der Waals surface area (Å²) < 4.78 is 5.16. The molecule has 84 valence electrons. The van der Waals surface area contributed by atoms with E-state index in [1.807, 2.05) is 11.8 Å². The van der Waals surface area contributed by atoms with E-state index in [1.165, 1.54) is 5.75 Å². The quantitative estimate of drug-likeness (QED) is 0.829. The van der Waals surface area contributed by atoms with Crippen molar-refractivity contribution in [2.24, 2.45) is 5.92 Å². The Hall–Kier alpha value is -0.550. The van der Waals surface area contributed by atoms with Crippen molar-refractivity contribution in [1.82, 2.24) is 15.5 Å². The minimum absolute atomic E-state index is 0.350. The van der Waals surface area contributed by atoms with Gasteiger partial charge in [0.25, 0.3) is 0 Å². The van der Waals surface area contributed by atoms with Gasteiger partial charge in [-0.05, 0) is 24.8 Å². The first-order valence-corrected chi connectivity index (χ1v) is 6.52. The van der Waals surface area contributed by atoms with Crippen LogP contribution in [0.2, 0.25) is 0 Å². The maximum Gasteiger partial charge on any atom is 0.236 e. The van der Waals surface area contributed by atoms with Crippen LogP contribution in [0.3, 0.4) is 0 Å². The molecule has 1 aliphatic rings. The normalized spacial score (nSPS) is 17.0. The number of rotatable bonds is 5. The summed E-state index contributed by atoms with van der Waals surface area (Å²) in [5, 5.41) is 7.20. The molecule has 0 aromatic carbocycles. The second-order valence-corrected chi connectivity index (χ2v) is 5.27. The van der Waals surface area contributed by atoms with Gasteiger partial charge in [-0.25, -0.2) is 0 Å². The Morgan fingerprint density at radius 3 is 2.87 bits per heavy atom. The molecule has 0 saturated carbocycles. The smallest absolute Gasteiger partial charge is 0.236 e. The summed E-state index contributed by atoms with van der Waals surface area (Å²) in [5.41, 5.74) is 0. The summed E-state index contributed by atoms with van der Waals surface area (Å²) in [5.74, 6) is 4.79. The number of aromatic nitrogens is 2. The third-order valence-corrected chi connectivity index (χ3v) is 3.60. The molecule has 1 fully saturated rings. The molecule has 1 N–H and O–H groups in total. The van der Waals surface area contributed by atoms with Gasteiger partial charge in [0.05, 0.1) is 5.75 Å². The Morgan fingerprint density at radius 2 is 2.33 bits per heavy atom. The van der Waals surface area contributed by atoms with Gasteiger partial charge in [-0.3, -0.25) is 0 Å². The number of nitrogens with one attached hydrogen (secondary N) is 1. The lowest BCUT2D eigenvalue weighted by Crippen LogP contribution is -2.43. The zero-order valence-corrected chi connectivity index (χ0v) is 10.0. The molecule has 5 heteroatoms. The van der Waals surface area contributed by atoms with Crippen molar-refractivity contribution in [2.45, 2.75) is 25.5 Å². The van der Waals surface area contributed by atoms with Crippen LogP contribution in [0.1, 0.15) is 31.5 Å². The fourth-order valence-corrected chi connectivity index (χ4v) is 2.32. The average molecular weight is 227 g/mol. The largest absolute Gasteiger partial charge is 0.338 e. The van der Waals surface area contributed by atoms with Crippen molar-refractivity contribution in [3.63, 3.8) is 0 Å². The van der Waals surface area contributed by atoms with Crippen LogP contribution >= 0.6 is 11.8 Å². The first-order valence-electron chi connectivity index (χ1n) is 5.36. The fraction of sp³-hybridized carbons (Fsp3) is 0.800. The van der Waals surface area contributed by atoms with Crippen LogP contribution < -0.4 is 5.32 Å². The highest BCUT2D eigenvalue weighted by atomic mass is 32.2. The predicted molar refractivity (Wildman–Crippen MR) is 60.9 cm³/mol. The lowest BCUT2D eigenvalue weighted by atomic mass is 10.1. The predicted octanol–water partition coefficient (Wildman–Crippen LogP) is 1.65. The second-order valence-electron chi connectivity index (χ2n) is 4.24. The molecular formula is C10H17N3OS. The maximum absolute atomic E-state index is 5.16. The van der Waals surface area contributed by atoms with Gasteiger partial charge >= 0.3 is 0 Å². The molecule has 2 rings (SSSR count). The van der Waals surface area contributed by atoms with Crippen molar-refractivity contribution in [3.05, 3.63) is 11.7 Å². The van der Waals surface area contributed by atoms with Crippen LogP contribution in [0, 0.1) is 5.92 Å². The summed E-state index contributed by atoms with van der Waals surface area (Å²) in [6, 6.07) is 0. The molecule has 0 amide bonds. The molecule has 2 heterocycles. The third kappa shape index (κ3) is 2.95. The summed E-state index contributed by atoms with van der Waals surface area (Å²) in [6.45, 7) is 6.46. The zero-order valence-electron chi connectivity index (χ0n) is 9.19. The van der Waals surface area contributed by atoms with Gasteiger partial charge in [-0.2, -0.15) is 16.7 Å². The summed E-state index contributed by atoms with van der Waals surface area (Å²) in [4.78, 5) is 4.34. The van der Waals surface area contributed by atoms with E-state index in [9.17, 15) is 0 Å². The van der Waals surface area contributed by atoms with Crippen LogP contribution in [0.5, 0.6) is 0 Å². The van der Waals surface area contributed by atoms with E-state index in [-0.39, 0.29) is 0 Å². The lowest BCUT2D eigenvalue weighted by Gasteiger charge is -2.26. The molecule has 1 aromatic heterocycles. The topological polar surface area (TPSA) is 51.0 Å². The third-order valence-electron chi connectivity index (χ3n) is 2.45. The van der Waals surface area contributed by atoms with Crippen molar-refractivity contribution < 1.29 is 4.52 Å². The molecule has 1 aliphatic heterocycles. The second kappa shape index (κ2) is 4.99. The van der Waals surface area contributed by atoms with Gasteiger partial charge < -0.3 is 9.84 Å². The molecule has 0 spiro atoms. The fourth-order valence-electron chi connectivity index (χ4n) is 1.34. The minimum atomic E-state index is 0.350. The van der Waals surface area contributed by atoms with E-state index in [1.54, 1.807) is 0 Å². The van der Waals surface area contributed by atoms with Crippen molar-refractivity contribution in [3.8, 4) is 0 Å². The SMILES string of the molecule is CC(C)c1noc(CSCC2CNC2)n1. The Morgan fingerprint density at radius 1 is 1.53 bits per heavy atom. The van der Waals surface area contributed by atoms with Crippen LogP contribution in [0.4, 0.5) is 0 Å². The molecule has 0 unspecified atom stereocenters. The first kappa shape index (κ1) is 11.0. The highest BCUT2D eigenvalue weighted by Gasteiger charge is 2.17. The lowest BCUT2D eigenvalue weighted by molar-refractivity contribution is 0.379. The number of hydrogen-bond donors (Lipinski definition) is 1. The van der Waals surface area contributed by atoms with Crippen LogP contribution in [0.15, 0.2) is 4.52 Å². The Balaban J connectivity index is 1.72. The van der Waals surface area contributed by atoms with E-state index in [2.05, 4.69) is 29.3 Å². The summed E-state index contributed by atoms with van der Waals surface area (Å²) >= 11 is 1.88. The van der Waals surface area contributed by atoms with Crippen LogP contribution in [-0.4, -0.2) is 29.0 Å². The number of nitrogens with zero attached hydrogens (tertiary/aromatic N) is 2. The van der Waals surface area contributed by atoms with Gasteiger partial charge in [0.1, 0.15) is 0 Å². The van der Waals surface area contributed by atoms with Crippen molar-refractivity contribution in [2.75, 3.05) is 18.8 Å². The average Bonchev–Trinajstić information content (AvgIpc) is 2.57. The van der Waals surface area contributed by atoms with Crippen molar-refractivity contribution >= 4 is 11.8 Å². The summed E-state index contributed by atoms with van der Waals surface area (Å²) in [6.07, 6.45) is 0. The molecule has 15 heavy (non-hydrogen) atoms. The van der Waals surface area contributed by atoms with Crippen LogP contribution in [-0.2, 0) is 5.75 Å². The molecule has 1 aromatic rings. The highest BCUT2D eigenvalue weighted by Crippen LogP contribution is 2.18. The molecule has 4 nitrogen and oxygen atoms in total. The Bertz CT molecular complexity index is 309. The monoisotopic (exact) mass is 227 g/mol. The standard InChI is InChI=1S/C10H17N3OS/c1-7(2)10-12-9(14-13-10)6-15-5-8-3-11-4-8/h7-8,11H,3-6H2,1-2H3. The van der Waals surface area contributed by atoms with Crippen molar-refractivity contribution in [1.29, 1.82) is 0 Å². The maximum atomic E-state index is 5.16. The van der Waals surface area contributed by atoms with E-state index in [0.29, 0.717) is 5.92 Å². The molecule has 0 atom stereocenters. The molecule has 0 radical (unpaired) electrons. The molecular weight excluding hydrogens is 210 g/mol. The Kier molecular flexibility index (Phi) is 3.64. The van der Waals surface area contributed by atoms with E-state index in [0.717, 1.165) is 36.5 Å². The van der Waals surface area contributed by atoms with Gasteiger partial charge in [0.15, 0.2) is 5.82 Å². The van der Waals surface area contributed by atoms with Gasteiger partial charge in [-0.1, -0.05) is 19.0 Å². The number of hydrogen-bond acceptors (Lipinski definition) is 5. The molecule has 0 aliphatic carbocycles.